The molecule has 0 amide bonds. The average Bonchev–Trinajstić information content (AvgIpc) is 2.65. The molecule has 1 aromatic heterocycles. The zero-order valence-electron chi connectivity index (χ0n) is 9.31. The van der Waals surface area contributed by atoms with Crippen LogP contribution in [-0.2, 0) is 13.6 Å². The lowest BCUT2D eigenvalue weighted by Crippen LogP contribution is -2.32. The van der Waals surface area contributed by atoms with Crippen LogP contribution in [0.15, 0.2) is 12.3 Å². The van der Waals surface area contributed by atoms with Crippen molar-refractivity contribution in [1.29, 1.82) is 0 Å². The van der Waals surface area contributed by atoms with Crippen molar-refractivity contribution in [3.05, 3.63) is 18.0 Å². The molecule has 0 spiro atoms. The molecule has 86 valence electrons. The summed E-state index contributed by atoms with van der Waals surface area (Å²) in [6, 6.07) is 2.16. The molecular formula is C10H19N3OS. The number of aliphatic hydroxyl groups is 1. The number of aryl methyl sites for hydroxylation is 1. The first kappa shape index (κ1) is 12.5. The average molecular weight is 229 g/mol. The summed E-state index contributed by atoms with van der Waals surface area (Å²) in [5, 5.41) is 16.7. The van der Waals surface area contributed by atoms with E-state index in [9.17, 15) is 0 Å². The minimum Gasteiger partial charge on any atom is -0.395 e. The Morgan fingerprint density at radius 3 is 3.00 bits per heavy atom. The number of thioether (sulfide) groups is 1. The first-order valence-electron chi connectivity index (χ1n) is 5.08. The van der Waals surface area contributed by atoms with Crippen LogP contribution >= 0.6 is 11.8 Å². The van der Waals surface area contributed by atoms with E-state index >= 15 is 0 Å². The molecular weight excluding hydrogens is 210 g/mol. The third kappa shape index (κ3) is 4.68. The van der Waals surface area contributed by atoms with Gasteiger partial charge in [-0.2, -0.15) is 16.9 Å². The number of aliphatic hydroxyl groups excluding tert-OH is 1. The van der Waals surface area contributed by atoms with Crippen molar-refractivity contribution in [2.24, 2.45) is 7.05 Å². The highest BCUT2D eigenvalue weighted by atomic mass is 32.2. The summed E-state index contributed by atoms with van der Waals surface area (Å²) >= 11 is 1.80. The monoisotopic (exact) mass is 229 g/mol. The normalized spacial score (nSPS) is 13.0. The minimum atomic E-state index is 0.180. The SMILES string of the molecule is CSCCC(CO)NCc1ccn(C)n1. The fraction of sp³-hybridized carbons (Fsp3) is 0.700. The van der Waals surface area contributed by atoms with Crippen LogP contribution in [0.25, 0.3) is 0 Å². The van der Waals surface area contributed by atoms with Gasteiger partial charge in [0.05, 0.1) is 12.3 Å². The van der Waals surface area contributed by atoms with E-state index < -0.39 is 0 Å². The van der Waals surface area contributed by atoms with Gasteiger partial charge < -0.3 is 10.4 Å². The molecule has 0 fully saturated rings. The molecule has 1 aromatic rings. The van der Waals surface area contributed by atoms with Gasteiger partial charge in [0.25, 0.3) is 0 Å². The van der Waals surface area contributed by atoms with Gasteiger partial charge in [0, 0.05) is 25.8 Å². The first-order valence-corrected chi connectivity index (χ1v) is 6.47. The molecule has 0 saturated heterocycles. The first-order chi connectivity index (χ1) is 7.26. The predicted molar refractivity (Wildman–Crippen MR) is 63.9 cm³/mol. The van der Waals surface area contributed by atoms with Gasteiger partial charge in [0.1, 0.15) is 0 Å². The number of nitrogens with one attached hydrogen (secondary N) is 1. The van der Waals surface area contributed by atoms with Gasteiger partial charge >= 0.3 is 0 Å². The lowest BCUT2D eigenvalue weighted by Gasteiger charge is -2.14. The molecule has 15 heavy (non-hydrogen) atoms. The van der Waals surface area contributed by atoms with Crippen LogP contribution in [0, 0.1) is 0 Å². The molecule has 1 atom stereocenters. The summed E-state index contributed by atoms with van der Waals surface area (Å²) in [4.78, 5) is 0. The Labute approximate surface area is 95.1 Å². The zero-order chi connectivity index (χ0) is 11.1. The lowest BCUT2D eigenvalue weighted by atomic mass is 10.2. The van der Waals surface area contributed by atoms with Gasteiger partial charge in [-0.1, -0.05) is 0 Å². The Hall–Kier alpha value is -0.520. The maximum Gasteiger partial charge on any atom is 0.0762 e. The largest absolute Gasteiger partial charge is 0.395 e. The fourth-order valence-electron chi connectivity index (χ4n) is 1.32. The van der Waals surface area contributed by atoms with Crippen LogP contribution in [0.2, 0.25) is 0 Å². The zero-order valence-corrected chi connectivity index (χ0v) is 10.1. The quantitative estimate of drug-likeness (QED) is 0.720. The minimum absolute atomic E-state index is 0.180. The van der Waals surface area contributed by atoms with Crippen molar-refractivity contribution < 1.29 is 5.11 Å². The van der Waals surface area contributed by atoms with Crippen molar-refractivity contribution in [1.82, 2.24) is 15.1 Å². The highest BCUT2D eigenvalue weighted by Crippen LogP contribution is 2.01. The molecule has 2 N–H and O–H groups in total. The highest BCUT2D eigenvalue weighted by molar-refractivity contribution is 7.98. The van der Waals surface area contributed by atoms with Crippen LogP contribution in [0.4, 0.5) is 0 Å². The van der Waals surface area contributed by atoms with E-state index in [1.165, 1.54) is 0 Å². The molecule has 4 nitrogen and oxygen atoms in total. The summed E-state index contributed by atoms with van der Waals surface area (Å²) in [6.07, 6.45) is 4.99. The smallest absolute Gasteiger partial charge is 0.0762 e. The third-order valence-electron chi connectivity index (χ3n) is 2.23. The van der Waals surface area contributed by atoms with Crippen molar-refractivity contribution in [3.63, 3.8) is 0 Å². The lowest BCUT2D eigenvalue weighted by molar-refractivity contribution is 0.238. The summed E-state index contributed by atoms with van der Waals surface area (Å²) in [5.74, 6) is 1.07. The van der Waals surface area contributed by atoms with E-state index in [1.807, 2.05) is 19.3 Å². The van der Waals surface area contributed by atoms with E-state index in [0.717, 1.165) is 24.4 Å². The molecule has 1 heterocycles. The third-order valence-corrected chi connectivity index (χ3v) is 2.88. The highest BCUT2D eigenvalue weighted by Gasteiger charge is 2.06. The van der Waals surface area contributed by atoms with Crippen molar-refractivity contribution in [2.75, 3.05) is 18.6 Å². The van der Waals surface area contributed by atoms with Gasteiger partial charge in [0.2, 0.25) is 0 Å². The molecule has 0 aliphatic carbocycles. The standard InChI is InChI=1S/C10H19N3OS/c1-13-5-3-9(12-13)7-11-10(8-14)4-6-15-2/h3,5,10-11,14H,4,6-8H2,1-2H3. The summed E-state index contributed by atoms with van der Waals surface area (Å²) in [5.41, 5.74) is 1.01. The van der Waals surface area contributed by atoms with Crippen LogP contribution < -0.4 is 5.32 Å². The molecule has 0 aliphatic rings. The van der Waals surface area contributed by atoms with Gasteiger partial charge in [-0.05, 0) is 24.5 Å². The Bertz CT molecular complexity index is 277. The Kier molecular flexibility index (Phi) is 5.75. The van der Waals surface area contributed by atoms with E-state index in [1.54, 1.807) is 16.4 Å². The maximum atomic E-state index is 9.14. The second kappa shape index (κ2) is 6.87. The van der Waals surface area contributed by atoms with Gasteiger partial charge in [-0.25, -0.2) is 0 Å². The van der Waals surface area contributed by atoms with Crippen molar-refractivity contribution in [3.8, 4) is 0 Å². The predicted octanol–water partition coefficient (Wildman–Crippen LogP) is 0.624. The number of nitrogens with zero attached hydrogens (tertiary/aromatic N) is 2. The van der Waals surface area contributed by atoms with Crippen LogP contribution in [0.5, 0.6) is 0 Å². The number of rotatable bonds is 7. The Morgan fingerprint density at radius 2 is 2.47 bits per heavy atom. The molecule has 0 radical (unpaired) electrons. The van der Waals surface area contributed by atoms with E-state index in [0.29, 0.717) is 0 Å². The molecule has 5 heteroatoms. The van der Waals surface area contributed by atoms with Crippen molar-refractivity contribution in [2.45, 2.75) is 19.0 Å². The molecule has 0 saturated carbocycles. The van der Waals surface area contributed by atoms with Crippen molar-refractivity contribution >= 4 is 11.8 Å². The summed E-state index contributed by atoms with van der Waals surface area (Å²) in [7, 11) is 1.90. The van der Waals surface area contributed by atoms with Crippen LogP contribution in [-0.4, -0.2) is 39.5 Å². The Morgan fingerprint density at radius 1 is 1.67 bits per heavy atom. The van der Waals surface area contributed by atoms with Gasteiger partial charge in [0.15, 0.2) is 0 Å². The summed E-state index contributed by atoms with van der Waals surface area (Å²) < 4.78 is 1.78. The molecule has 1 rings (SSSR count). The number of hydrogen-bond acceptors (Lipinski definition) is 4. The molecule has 0 aliphatic heterocycles. The van der Waals surface area contributed by atoms with Gasteiger partial charge in [-0.3, -0.25) is 4.68 Å². The van der Waals surface area contributed by atoms with Crippen LogP contribution in [0.1, 0.15) is 12.1 Å². The fourth-order valence-corrected chi connectivity index (χ4v) is 1.84. The van der Waals surface area contributed by atoms with E-state index in [-0.39, 0.29) is 12.6 Å². The topological polar surface area (TPSA) is 50.1 Å². The Balaban J connectivity index is 2.27. The van der Waals surface area contributed by atoms with Gasteiger partial charge in [-0.15, -0.1) is 0 Å². The molecule has 0 aromatic carbocycles. The maximum absolute atomic E-state index is 9.14. The summed E-state index contributed by atoms with van der Waals surface area (Å²) in [6.45, 7) is 0.911. The number of hydrogen-bond donors (Lipinski definition) is 2. The van der Waals surface area contributed by atoms with E-state index in [2.05, 4.69) is 16.7 Å². The van der Waals surface area contributed by atoms with Crippen LogP contribution in [0.3, 0.4) is 0 Å². The number of aromatic nitrogens is 2. The second-order valence-electron chi connectivity index (χ2n) is 3.52. The second-order valence-corrected chi connectivity index (χ2v) is 4.51. The van der Waals surface area contributed by atoms with E-state index in [4.69, 9.17) is 5.11 Å². The molecule has 1 unspecified atom stereocenters. The molecule has 0 bridgehead atoms.